The summed E-state index contributed by atoms with van der Waals surface area (Å²) >= 11 is 0. The molecule has 28 heavy (non-hydrogen) atoms. The summed E-state index contributed by atoms with van der Waals surface area (Å²) in [5.74, 6) is 0.605. The largest absolute Gasteiger partial charge is 0.355 e. The predicted octanol–water partition coefficient (Wildman–Crippen LogP) is 3.60. The van der Waals surface area contributed by atoms with E-state index < -0.39 is 0 Å². The van der Waals surface area contributed by atoms with Crippen molar-refractivity contribution >= 4 is 17.5 Å². The molecule has 0 saturated carbocycles. The molecule has 1 N–H and O–H groups in total. The summed E-state index contributed by atoms with van der Waals surface area (Å²) < 4.78 is 0. The van der Waals surface area contributed by atoms with Gasteiger partial charge >= 0.3 is 0 Å². The Morgan fingerprint density at radius 1 is 1.25 bits per heavy atom. The van der Waals surface area contributed by atoms with E-state index in [1.165, 1.54) is 27.8 Å². The van der Waals surface area contributed by atoms with Crippen molar-refractivity contribution in [2.75, 3.05) is 18.5 Å². The number of fused-ring (bicyclic) bond motifs is 2. The number of amides is 2. The van der Waals surface area contributed by atoms with E-state index in [1.807, 2.05) is 26.4 Å². The number of nitrogens with zero attached hydrogens (tertiary/aromatic N) is 2. The fraction of sp³-hybridized carbons (Fsp3) is 0.435. The summed E-state index contributed by atoms with van der Waals surface area (Å²) in [5.41, 5.74) is 7.22. The smallest absolute Gasteiger partial charge is 0.227 e. The Bertz CT molecular complexity index is 922. The second-order valence-corrected chi connectivity index (χ2v) is 7.80. The first-order valence-electron chi connectivity index (χ1n) is 10.2. The van der Waals surface area contributed by atoms with E-state index in [-0.39, 0.29) is 11.8 Å². The van der Waals surface area contributed by atoms with Crippen LogP contribution in [0.4, 0.5) is 5.69 Å². The first-order chi connectivity index (χ1) is 13.6. The highest BCUT2D eigenvalue weighted by Gasteiger charge is 2.25. The molecule has 1 atom stereocenters. The molecule has 2 amide bonds. The van der Waals surface area contributed by atoms with Crippen molar-refractivity contribution in [2.45, 2.75) is 51.4 Å². The molecule has 1 aliphatic carbocycles. The summed E-state index contributed by atoms with van der Waals surface area (Å²) in [4.78, 5) is 29.9. The number of carbonyl (C=O) groups excluding carboxylic acids is 2. The Kier molecular flexibility index (Phi) is 5.16. The standard InChI is InChI=1S/C23H27N3O2/c1-3-22(27)25-12-17-5-4-6-18-19(13-24-14-20(17)18)15-7-9-21-16(11-15)8-10-23(28)26(21)2/h7,9,11,13-14,17H,3-6,8,10,12H2,1-2H3,(H,25,27). The molecule has 1 aromatic heterocycles. The number of hydrogen-bond donors (Lipinski definition) is 1. The summed E-state index contributed by atoms with van der Waals surface area (Å²) in [6, 6.07) is 6.38. The molecule has 2 aliphatic rings. The molecule has 5 nitrogen and oxygen atoms in total. The highest BCUT2D eigenvalue weighted by atomic mass is 16.2. The second-order valence-electron chi connectivity index (χ2n) is 7.80. The molecule has 2 heterocycles. The minimum absolute atomic E-state index is 0.101. The number of hydrogen-bond acceptors (Lipinski definition) is 3. The van der Waals surface area contributed by atoms with E-state index in [0.29, 0.717) is 25.3 Å². The molecule has 4 rings (SSSR count). The van der Waals surface area contributed by atoms with Crippen LogP contribution in [0.15, 0.2) is 30.6 Å². The van der Waals surface area contributed by atoms with Crippen LogP contribution in [0.1, 0.15) is 55.2 Å². The third-order valence-corrected chi connectivity index (χ3v) is 6.11. The van der Waals surface area contributed by atoms with Gasteiger partial charge in [0.1, 0.15) is 0 Å². The van der Waals surface area contributed by atoms with Crippen LogP contribution in [-0.4, -0.2) is 30.4 Å². The van der Waals surface area contributed by atoms with E-state index in [0.717, 1.165) is 31.4 Å². The maximum absolute atomic E-state index is 12.0. The fourth-order valence-corrected chi connectivity index (χ4v) is 4.46. The van der Waals surface area contributed by atoms with E-state index in [2.05, 4.69) is 28.5 Å². The van der Waals surface area contributed by atoms with E-state index in [4.69, 9.17) is 0 Å². The van der Waals surface area contributed by atoms with Crippen LogP contribution in [0.2, 0.25) is 0 Å². The molecule has 0 spiro atoms. The van der Waals surface area contributed by atoms with Gasteiger partial charge in [0, 0.05) is 56.0 Å². The summed E-state index contributed by atoms with van der Waals surface area (Å²) in [6.07, 6.45) is 9.07. The van der Waals surface area contributed by atoms with Gasteiger partial charge < -0.3 is 10.2 Å². The summed E-state index contributed by atoms with van der Waals surface area (Å²) in [6.45, 7) is 2.56. The lowest BCUT2D eigenvalue weighted by atomic mass is 9.80. The van der Waals surface area contributed by atoms with Crippen LogP contribution in [0.3, 0.4) is 0 Å². The lowest BCUT2D eigenvalue weighted by molar-refractivity contribution is -0.121. The molecule has 0 saturated heterocycles. The van der Waals surface area contributed by atoms with Crippen molar-refractivity contribution in [1.82, 2.24) is 10.3 Å². The Labute approximate surface area is 166 Å². The van der Waals surface area contributed by atoms with Gasteiger partial charge in [-0.1, -0.05) is 13.0 Å². The molecule has 5 heteroatoms. The van der Waals surface area contributed by atoms with Crippen LogP contribution >= 0.6 is 0 Å². The van der Waals surface area contributed by atoms with Gasteiger partial charge in [-0.25, -0.2) is 0 Å². The van der Waals surface area contributed by atoms with Gasteiger partial charge in [0.25, 0.3) is 0 Å². The fourth-order valence-electron chi connectivity index (χ4n) is 4.46. The van der Waals surface area contributed by atoms with Crippen LogP contribution in [0.25, 0.3) is 11.1 Å². The molecule has 0 radical (unpaired) electrons. The average molecular weight is 377 g/mol. The topological polar surface area (TPSA) is 62.3 Å². The molecule has 146 valence electrons. The lowest BCUT2D eigenvalue weighted by Gasteiger charge is -2.28. The third kappa shape index (κ3) is 3.41. The van der Waals surface area contributed by atoms with Crippen LogP contribution in [0.5, 0.6) is 0 Å². The molecule has 1 aromatic carbocycles. The Morgan fingerprint density at radius 3 is 2.93 bits per heavy atom. The second kappa shape index (κ2) is 7.74. The number of carbonyl (C=O) groups is 2. The lowest BCUT2D eigenvalue weighted by Crippen LogP contribution is -2.31. The Morgan fingerprint density at radius 2 is 2.11 bits per heavy atom. The van der Waals surface area contributed by atoms with Crippen molar-refractivity contribution in [1.29, 1.82) is 0 Å². The van der Waals surface area contributed by atoms with Crippen molar-refractivity contribution in [3.63, 3.8) is 0 Å². The van der Waals surface area contributed by atoms with E-state index in [9.17, 15) is 9.59 Å². The Balaban J connectivity index is 1.67. The zero-order valence-corrected chi connectivity index (χ0v) is 16.6. The number of anilines is 1. The molecule has 1 unspecified atom stereocenters. The summed E-state index contributed by atoms with van der Waals surface area (Å²) in [5, 5.41) is 3.05. The highest BCUT2D eigenvalue weighted by Crippen LogP contribution is 2.38. The van der Waals surface area contributed by atoms with Gasteiger partial charge in [-0.15, -0.1) is 0 Å². The van der Waals surface area contributed by atoms with Crippen molar-refractivity contribution in [3.05, 3.63) is 47.3 Å². The zero-order chi connectivity index (χ0) is 19.7. The van der Waals surface area contributed by atoms with Crippen molar-refractivity contribution in [2.24, 2.45) is 0 Å². The number of pyridine rings is 1. The monoisotopic (exact) mass is 377 g/mol. The SMILES string of the molecule is CCC(=O)NCC1CCCc2c(-c3ccc4c(c3)CCC(=O)N4C)cncc21. The molecular formula is C23H27N3O2. The van der Waals surface area contributed by atoms with Gasteiger partial charge in [0.05, 0.1) is 0 Å². The third-order valence-electron chi connectivity index (χ3n) is 6.11. The maximum Gasteiger partial charge on any atom is 0.227 e. The highest BCUT2D eigenvalue weighted by molar-refractivity contribution is 5.96. The predicted molar refractivity (Wildman–Crippen MR) is 110 cm³/mol. The molecule has 0 bridgehead atoms. The normalized spacial score (nSPS) is 18.4. The van der Waals surface area contributed by atoms with Crippen LogP contribution < -0.4 is 10.2 Å². The van der Waals surface area contributed by atoms with E-state index in [1.54, 1.807) is 4.90 Å². The van der Waals surface area contributed by atoms with Crippen molar-refractivity contribution in [3.8, 4) is 11.1 Å². The van der Waals surface area contributed by atoms with Gasteiger partial charge in [0.2, 0.25) is 11.8 Å². The molecular weight excluding hydrogens is 350 g/mol. The zero-order valence-electron chi connectivity index (χ0n) is 16.6. The number of benzene rings is 1. The van der Waals surface area contributed by atoms with Crippen LogP contribution in [-0.2, 0) is 22.4 Å². The molecule has 0 fully saturated rings. The number of rotatable bonds is 4. The summed E-state index contributed by atoms with van der Waals surface area (Å²) in [7, 11) is 1.85. The average Bonchev–Trinajstić information content (AvgIpc) is 2.74. The number of aromatic nitrogens is 1. The Hall–Kier alpha value is -2.69. The minimum Gasteiger partial charge on any atom is -0.355 e. The first-order valence-corrected chi connectivity index (χ1v) is 10.2. The van der Waals surface area contributed by atoms with E-state index >= 15 is 0 Å². The maximum atomic E-state index is 12.0. The van der Waals surface area contributed by atoms with Gasteiger partial charge in [-0.2, -0.15) is 0 Å². The molecule has 2 aromatic rings. The first kappa shape index (κ1) is 18.7. The number of aryl methyl sites for hydroxylation is 1. The quantitative estimate of drug-likeness (QED) is 0.885. The number of nitrogens with one attached hydrogen (secondary N) is 1. The van der Waals surface area contributed by atoms with Gasteiger partial charge in [-0.05, 0) is 60.1 Å². The van der Waals surface area contributed by atoms with Crippen molar-refractivity contribution < 1.29 is 9.59 Å². The van der Waals surface area contributed by atoms with Gasteiger partial charge in [0.15, 0.2) is 0 Å². The van der Waals surface area contributed by atoms with Crippen LogP contribution in [0, 0.1) is 0 Å². The minimum atomic E-state index is 0.101. The van der Waals surface area contributed by atoms with Gasteiger partial charge in [-0.3, -0.25) is 14.6 Å². The molecule has 1 aliphatic heterocycles.